The Balaban J connectivity index is 1.33. The number of sulfonamides is 1. The maximum Gasteiger partial charge on any atom is 0.328 e. The first-order valence-corrected chi connectivity index (χ1v) is 14.5. The number of fused-ring (bicyclic) bond motifs is 2. The van der Waals surface area contributed by atoms with E-state index in [9.17, 15) is 13.2 Å². The Labute approximate surface area is 228 Å². The third-order valence-electron chi connectivity index (χ3n) is 7.13. The minimum Gasteiger partial charge on any atom is -0.467 e. The molecule has 0 amide bonds. The number of anilines is 1. The highest BCUT2D eigenvalue weighted by molar-refractivity contribution is 7.89. The largest absolute Gasteiger partial charge is 0.467 e. The maximum absolute atomic E-state index is 13.5. The zero-order valence-corrected chi connectivity index (χ0v) is 23.2. The van der Waals surface area contributed by atoms with Crippen molar-refractivity contribution in [2.24, 2.45) is 5.92 Å². The van der Waals surface area contributed by atoms with Crippen LogP contribution in [0.5, 0.6) is 0 Å². The molecule has 1 N–H and O–H groups in total. The van der Waals surface area contributed by atoms with E-state index in [0.717, 1.165) is 21.7 Å². The summed E-state index contributed by atoms with van der Waals surface area (Å²) in [5.41, 5.74) is 0.773. The van der Waals surface area contributed by atoms with E-state index in [-0.39, 0.29) is 11.9 Å². The molecule has 0 spiro atoms. The van der Waals surface area contributed by atoms with Crippen LogP contribution in [0, 0.1) is 5.92 Å². The number of methoxy groups -OCH3 is 1. The van der Waals surface area contributed by atoms with Crippen molar-refractivity contribution >= 4 is 43.5 Å². The lowest BCUT2D eigenvalue weighted by Gasteiger charge is -2.33. The molecule has 0 radical (unpaired) electrons. The minimum absolute atomic E-state index is 0.00797. The minimum atomic E-state index is -3.63. The fourth-order valence-corrected chi connectivity index (χ4v) is 6.60. The zero-order chi connectivity index (χ0) is 27.6. The molecule has 1 aliphatic rings. The van der Waals surface area contributed by atoms with Crippen LogP contribution in [0.15, 0.2) is 71.6 Å². The SMILES string of the molecule is COC(=O)[C@@H](Nc1nc(CN2CCN(S(=O)(=O)c3cccc4ccccc34)CC2)nc2ccccc12)C(C)C. The normalized spacial score (nSPS) is 16.0. The van der Waals surface area contributed by atoms with Crippen molar-refractivity contribution in [1.82, 2.24) is 19.2 Å². The Morgan fingerprint density at radius 1 is 0.923 bits per heavy atom. The summed E-state index contributed by atoms with van der Waals surface area (Å²) < 4.78 is 33.6. The summed E-state index contributed by atoms with van der Waals surface area (Å²) in [7, 11) is -2.25. The lowest BCUT2D eigenvalue weighted by atomic mass is 10.0. The number of hydrogen-bond acceptors (Lipinski definition) is 8. The molecule has 0 aliphatic carbocycles. The summed E-state index contributed by atoms with van der Waals surface area (Å²) in [6.45, 7) is 6.23. The van der Waals surface area contributed by atoms with E-state index in [4.69, 9.17) is 14.7 Å². The van der Waals surface area contributed by atoms with Gasteiger partial charge in [-0.3, -0.25) is 4.90 Å². The van der Waals surface area contributed by atoms with Gasteiger partial charge in [0.15, 0.2) is 0 Å². The average molecular weight is 548 g/mol. The molecule has 0 saturated carbocycles. The van der Waals surface area contributed by atoms with Crippen LogP contribution < -0.4 is 5.32 Å². The quantitative estimate of drug-likeness (QED) is 0.331. The van der Waals surface area contributed by atoms with Crippen LogP contribution in [-0.2, 0) is 26.1 Å². The fraction of sp³-hybridized carbons (Fsp3) is 0.345. The van der Waals surface area contributed by atoms with Gasteiger partial charge in [0.1, 0.15) is 17.7 Å². The predicted molar refractivity (Wildman–Crippen MR) is 152 cm³/mol. The van der Waals surface area contributed by atoms with Gasteiger partial charge < -0.3 is 10.1 Å². The van der Waals surface area contributed by atoms with Crippen molar-refractivity contribution in [2.75, 3.05) is 38.6 Å². The summed E-state index contributed by atoms with van der Waals surface area (Å²) in [6, 6.07) is 20.1. The molecule has 1 fully saturated rings. The van der Waals surface area contributed by atoms with E-state index in [2.05, 4.69) is 10.2 Å². The first-order valence-electron chi connectivity index (χ1n) is 13.1. The summed E-state index contributed by atoms with van der Waals surface area (Å²) in [6.07, 6.45) is 0. The molecule has 9 nitrogen and oxygen atoms in total. The van der Waals surface area contributed by atoms with Gasteiger partial charge in [-0.25, -0.2) is 23.2 Å². The lowest BCUT2D eigenvalue weighted by molar-refractivity contribution is -0.142. The number of carbonyl (C=O) groups is 1. The van der Waals surface area contributed by atoms with E-state index in [1.807, 2.05) is 68.4 Å². The van der Waals surface area contributed by atoms with Gasteiger partial charge in [-0.1, -0.05) is 62.4 Å². The molecule has 10 heteroatoms. The van der Waals surface area contributed by atoms with Crippen molar-refractivity contribution in [3.05, 3.63) is 72.6 Å². The third kappa shape index (κ3) is 5.59. The number of benzene rings is 3. The maximum atomic E-state index is 13.5. The molecule has 4 aromatic rings. The van der Waals surface area contributed by atoms with Crippen LogP contribution in [0.3, 0.4) is 0 Å². The van der Waals surface area contributed by atoms with Crippen LogP contribution in [0.1, 0.15) is 19.7 Å². The van der Waals surface area contributed by atoms with Crippen molar-refractivity contribution in [2.45, 2.75) is 31.3 Å². The van der Waals surface area contributed by atoms with E-state index >= 15 is 0 Å². The smallest absolute Gasteiger partial charge is 0.328 e. The molecular formula is C29H33N5O4S. The molecule has 2 heterocycles. The number of hydrogen-bond donors (Lipinski definition) is 1. The number of ether oxygens (including phenoxy) is 1. The molecule has 5 rings (SSSR count). The molecule has 1 aromatic heterocycles. The molecule has 39 heavy (non-hydrogen) atoms. The second-order valence-corrected chi connectivity index (χ2v) is 12.0. The molecule has 204 valence electrons. The highest BCUT2D eigenvalue weighted by Gasteiger charge is 2.30. The Morgan fingerprint density at radius 3 is 2.31 bits per heavy atom. The first-order chi connectivity index (χ1) is 18.8. The second-order valence-electron chi connectivity index (χ2n) is 10.1. The molecule has 3 aromatic carbocycles. The van der Waals surface area contributed by atoms with Gasteiger partial charge in [0.2, 0.25) is 10.0 Å². The second kappa shape index (κ2) is 11.3. The number of piperazine rings is 1. The molecule has 1 aliphatic heterocycles. The van der Waals surface area contributed by atoms with Crippen LogP contribution in [0.25, 0.3) is 21.7 Å². The number of carbonyl (C=O) groups excluding carboxylic acids is 1. The number of rotatable bonds is 8. The number of nitrogens with one attached hydrogen (secondary N) is 1. The van der Waals surface area contributed by atoms with Crippen molar-refractivity contribution in [3.63, 3.8) is 0 Å². The van der Waals surface area contributed by atoms with Gasteiger partial charge in [0, 0.05) is 37.0 Å². The molecule has 0 unspecified atom stereocenters. The van der Waals surface area contributed by atoms with E-state index in [1.165, 1.54) is 7.11 Å². The van der Waals surface area contributed by atoms with Gasteiger partial charge in [0.05, 0.1) is 24.1 Å². The molecule has 1 atom stereocenters. The predicted octanol–water partition coefficient (Wildman–Crippen LogP) is 3.90. The van der Waals surface area contributed by atoms with Gasteiger partial charge in [-0.2, -0.15) is 4.31 Å². The van der Waals surface area contributed by atoms with E-state index < -0.39 is 16.1 Å². The van der Waals surface area contributed by atoms with E-state index in [1.54, 1.807) is 16.4 Å². The number of para-hydroxylation sites is 1. The van der Waals surface area contributed by atoms with Crippen molar-refractivity contribution in [3.8, 4) is 0 Å². The number of aromatic nitrogens is 2. The summed E-state index contributed by atoms with van der Waals surface area (Å²) in [5.74, 6) is 0.829. The average Bonchev–Trinajstić information content (AvgIpc) is 2.95. The van der Waals surface area contributed by atoms with Crippen LogP contribution >= 0.6 is 0 Å². The van der Waals surface area contributed by atoms with Crippen LogP contribution in [0.4, 0.5) is 5.82 Å². The summed E-state index contributed by atoms with van der Waals surface area (Å²) >= 11 is 0. The van der Waals surface area contributed by atoms with Crippen LogP contribution in [0.2, 0.25) is 0 Å². The Hall–Kier alpha value is -3.60. The van der Waals surface area contributed by atoms with Gasteiger partial charge in [-0.15, -0.1) is 0 Å². The van der Waals surface area contributed by atoms with Crippen molar-refractivity contribution in [1.29, 1.82) is 0 Å². The molecule has 1 saturated heterocycles. The highest BCUT2D eigenvalue weighted by atomic mass is 32.2. The Bertz CT molecular complexity index is 1590. The monoisotopic (exact) mass is 547 g/mol. The first kappa shape index (κ1) is 27.0. The zero-order valence-electron chi connectivity index (χ0n) is 22.4. The van der Waals surface area contributed by atoms with Crippen molar-refractivity contribution < 1.29 is 17.9 Å². The summed E-state index contributed by atoms with van der Waals surface area (Å²) in [5, 5.41) is 5.74. The topological polar surface area (TPSA) is 105 Å². The standard InChI is InChI=1S/C29H33N5O4S/c1-20(2)27(29(35)38-3)32-28-23-12-6-7-13-24(23)30-26(31-28)19-33-15-17-34(18-16-33)39(36,37)25-14-8-10-21-9-4-5-11-22(21)25/h4-14,20,27H,15-19H2,1-3H3,(H,30,31,32)/t27-/m0/s1. The van der Waals surface area contributed by atoms with Gasteiger partial charge in [-0.05, 0) is 29.5 Å². The Kier molecular flexibility index (Phi) is 7.79. The Morgan fingerprint density at radius 2 is 1.59 bits per heavy atom. The summed E-state index contributed by atoms with van der Waals surface area (Å²) in [4.78, 5) is 24.4. The number of esters is 1. The van der Waals surface area contributed by atoms with E-state index in [0.29, 0.717) is 49.3 Å². The highest BCUT2D eigenvalue weighted by Crippen LogP contribution is 2.27. The molecular weight excluding hydrogens is 514 g/mol. The van der Waals surface area contributed by atoms with Gasteiger partial charge in [0.25, 0.3) is 0 Å². The van der Waals surface area contributed by atoms with Gasteiger partial charge >= 0.3 is 5.97 Å². The lowest BCUT2D eigenvalue weighted by Crippen LogP contribution is -2.48. The van der Waals surface area contributed by atoms with Crippen LogP contribution in [-0.4, -0.2) is 72.9 Å². The number of nitrogens with zero attached hydrogens (tertiary/aromatic N) is 4. The third-order valence-corrected chi connectivity index (χ3v) is 9.08. The fourth-order valence-electron chi connectivity index (χ4n) is 4.97. The molecule has 0 bridgehead atoms.